The summed E-state index contributed by atoms with van der Waals surface area (Å²) in [6, 6.07) is 12.9. The molecule has 1 heterocycles. The molecule has 0 aliphatic carbocycles. The molecule has 28 heavy (non-hydrogen) atoms. The molecular formula is C21H21NO5S. The van der Waals surface area contributed by atoms with Crippen molar-refractivity contribution in [3.05, 3.63) is 58.5 Å². The average Bonchev–Trinajstić information content (AvgIpc) is 2.95. The molecule has 0 N–H and O–H groups in total. The van der Waals surface area contributed by atoms with Crippen molar-refractivity contribution in [3.63, 3.8) is 0 Å². The van der Waals surface area contributed by atoms with Gasteiger partial charge in [-0.25, -0.2) is 0 Å². The van der Waals surface area contributed by atoms with E-state index < -0.39 is 0 Å². The van der Waals surface area contributed by atoms with Crippen molar-refractivity contribution in [2.24, 2.45) is 0 Å². The van der Waals surface area contributed by atoms with E-state index in [4.69, 9.17) is 14.2 Å². The Morgan fingerprint density at radius 2 is 1.71 bits per heavy atom. The number of benzene rings is 2. The van der Waals surface area contributed by atoms with E-state index in [2.05, 4.69) is 0 Å². The Morgan fingerprint density at radius 1 is 1.00 bits per heavy atom. The third kappa shape index (κ3) is 4.67. The van der Waals surface area contributed by atoms with Crippen molar-refractivity contribution in [1.82, 2.24) is 4.90 Å². The Balaban J connectivity index is 1.68. The summed E-state index contributed by atoms with van der Waals surface area (Å²) in [7, 11) is 3.11. The lowest BCUT2D eigenvalue weighted by atomic mass is 10.2. The van der Waals surface area contributed by atoms with E-state index in [-0.39, 0.29) is 24.3 Å². The van der Waals surface area contributed by atoms with Gasteiger partial charge in [-0.15, -0.1) is 0 Å². The molecule has 2 aromatic rings. The fourth-order valence-electron chi connectivity index (χ4n) is 2.72. The van der Waals surface area contributed by atoms with Gasteiger partial charge < -0.3 is 14.2 Å². The largest absolute Gasteiger partial charge is 0.497 e. The number of thioether (sulfide) groups is 1. The molecule has 1 aliphatic heterocycles. The van der Waals surface area contributed by atoms with Crippen LogP contribution >= 0.6 is 11.8 Å². The first-order chi connectivity index (χ1) is 13.5. The lowest BCUT2D eigenvalue weighted by molar-refractivity contribution is -0.123. The van der Waals surface area contributed by atoms with E-state index in [0.29, 0.717) is 22.2 Å². The summed E-state index contributed by atoms with van der Waals surface area (Å²) in [5.74, 6) is 1.60. The summed E-state index contributed by atoms with van der Waals surface area (Å²) < 4.78 is 16.1. The Kier molecular flexibility index (Phi) is 6.26. The van der Waals surface area contributed by atoms with E-state index >= 15 is 0 Å². The van der Waals surface area contributed by atoms with Crippen LogP contribution in [0.1, 0.15) is 11.1 Å². The van der Waals surface area contributed by atoms with Gasteiger partial charge in [-0.1, -0.05) is 12.1 Å². The Morgan fingerprint density at radius 3 is 2.36 bits per heavy atom. The van der Waals surface area contributed by atoms with Gasteiger partial charge in [0.15, 0.2) is 0 Å². The normalized spacial score (nSPS) is 15.2. The molecular weight excluding hydrogens is 378 g/mol. The molecule has 0 aromatic heterocycles. The van der Waals surface area contributed by atoms with E-state index in [9.17, 15) is 9.59 Å². The number of rotatable bonds is 7. The Labute approximate surface area is 168 Å². The second-order valence-electron chi connectivity index (χ2n) is 6.14. The number of amides is 2. The van der Waals surface area contributed by atoms with E-state index in [1.807, 2.05) is 31.2 Å². The predicted octanol–water partition coefficient (Wildman–Crippen LogP) is 4.13. The lowest BCUT2D eigenvalue weighted by Crippen LogP contribution is -2.32. The SMILES string of the molecule is COc1cc(/C=C2\SC(=O)N(CCOc3cccc(C)c3)C2=O)cc(OC)c1. The van der Waals surface area contributed by atoms with Gasteiger partial charge in [-0.2, -0.15) is 0 Å². The highest BCUT2D eigenvalue weighted by molar-refractivity contribution is 8.18. The highest BCUT2D eigenvalue weighted by Gasteiger charge is 2.34. The number of nitrogens with zero attached hydrogens (tertiary/aromatic N) is 1. The molecule has 0 unspecified atom stereocenters. The molecule has 146 valence electrons. The summed E-state index contributed by atoms with van der Waals surface area (Å²) in [6.07, 6.45) is 1.66. The smallest absolute Gasteiger partial charge is 0.293 e. The van der Waals surface area contributed by atoms with Crippen molar-refractivity contribution in [1.29, 1.82) is 0 Å². The third-order valence-electron chi connectivity index (χ3n) is 4.12. The van der Waals surface area contributed by atoms with E-state index in [0.717, 1.165) is 22.9 Å². The molecule has 0 spiro atoms. The Hall–Kier alpha value is -2.93. The molecule has 3 rings (SSSR count). The molecule has 6 nitrogen and oxygen atoms in total. The summed E-state index contributed by atoms with van der Waals surface area (Å²) in [5, 5.41) is -0.307. The first-order valence-electron chi connectivity index (χ1n) is 8.68. The molecule has 0 radical (unpaired) electrons. The van der Waals surface area contributed by atoms with Crippen LogP contribution in [0.3, 0.4) is 0 Å². The predicted molar refractivity (Wildman–Crippen MR) is 109 cm³/mol. The van der Waals surface area contributed by atoms with Crippen molar-refractivity contribution < 1.29 is 23.8 Å². The van der Waals surface area contributed by atoms with Gasteiger partial charge in [0.25, 0.3) is 11.1 Å². The highest BCUT2D eigenvalue weighted by atomic mass is 32.2. The maximum absolute atomic E-state index is 12.6. The van der Waals surface area contributed by atoms with Crippen LogP contribution in [0.4, 0.5) is 4.79 Å². The van der Waals surface area contributed by atoms with E-state index in [1.165, 1.54) is 4.90 Å². The van der Waals surface area contributed by atoms with Crippen LogP contribution in [-0.2, 0) is 4.79 Å². The molecule has 1 fully saturated rings. The fraction of sp³-hybridized carbons (Fsp3) is 0.238. The number of hydrogen-bond donors (Lipinski definition) is 0. The van der Waals surface area contributed by atoms with Crippen LogP contribution in [0.5, 0.6) is 17.2 Å². The quantitative estimate of drug-likeness (QED) is 0.653. The first kappa shape index (κ1) is 19.8. The number of imide groups is 1. The van der Waals surface area contributed by atoms with Gasteiger partial charge in [0, 0.05) is 6.07 Å². The zero-order chi connectivity index (χ0) is 20.1. The van der Waals surface area contributed by atoms with Gasteiger partial charge in [0.1, 0.15) is 23.9 Å². The van der Waals surface area contributed by atoms with Crippen molar-refractivity contribution in [2.75, 3.05) is 27.4 Å². The number of carbonyl (C=O) groups excluding carboxylic acids is 2. The van der Waals surface area contributed by atoms with Crippen LogP contribution in [0.2, 0.25) is 0 Å². The standard InChI is InChI=1S/C21H21NO5S/c1-14-5-4-6-16(9-14)27-8-7-22-20(23)19(28-21(22)24)12-15-10-17(25-2)13-18(11-15)26-3/h4-6,9-13H,7-8H2,1-3H3/b19-12-. The van der Waals surface area contributed by atoms with Crippen molar-refractivity contribution in [2.45, 2.75) is 6.92 Å². The summed E-state index contributed by atoms with van der Waals surface area (Å²) in [5.41, 5.74) is 1.80. The van der Waals surface area contributed by atoms with Crippen LogP contribution in [0.25, 0.3) is 6.08 Å². The molecule has 0 bridgehead atoms. The van der Waals surface area contributed by atoms with Crippen molar-refractivity contribution >= 4 is 29.0 Å². The molecule has 2 amide bonds. The minimum absolute atomic E-state index is 0.192. The maximum atomic E-state index is 12.6. The number of aryl methyl sites for hydroxylation is 1. The van der Waals surface area contributed by atoms with Crippen molar-refractivity contribution in [3.8, 4) is 17.2 Å². The lowest BCUT2D eigenvalue weighted by Gasteiger charge is -2.13. The van der Waals surface area contributed by atoms with Crippen LogP contribution in [-0.4, -0.2) is 43.4 Å². The molecule has 1 aliphatic rings. The highest BCUT2D eigenvalue weighted by Crippen LogP contribution is 2.33. The number of methoxy groups -OCH3 is 2. The molecule has 0 saturated carbocycles. The maximum Gasteiger partial charge on any atom is 0.293 e. The van der Waals surface area contributed by atoms with E-state index in [1.54, 1.807) is 38.5 Å². The minimum atomic E-state index is -0.329. The van der Waals surface area contributed by atoms with Crippen LogP contribution in [0, 0.1) is 6.92 Å². The average molecular weight is 399 g/mol. The van der Waals surface area contributed by atoms with Gasteiger partial charge in [0.2, 0.25) is 0 Å². The summed E-state index contributed by atoms with van der Waals surface area (Å²) >= 11 is 0.914. The minimum Gasteiger partial charge on any atom is -0.497 e. The molecule has 7 heteroatoms. The zero-order valence-corrected chi connectivity index (χ0v) is 16.7. The fourth-order valence-corrected chi connectivity index (χ4v) is 3.58. The molecule has 2 aromatic carbocycles. The number of carbonyl (C=O) groups is 2. The number of ether oxygens (including phenoxy) is 3. The third-order valence-corrected chi connectivity index (χ3v) is 5.03. The van der Waals surface area contributed by atoms with Crippen LogP contribution < -0.4 is 14.2 Å². The van der Waals surface area contributed by atoms with Gasteiger partial charge in [0.05, 0.1) is 25.7 Å². The molecule has 0 atom stereocenters. The first-order valence-corrected chi connectivity index (χ1v) is 9.49. The summed E-state index contributed by atoms with van der Waals surface area (Å²) in [4.78, 5) is 26.4. The topological polar surface area (TPSA) is 65.1 Å². The second kappa shape index (κ2) is 8.84. The van der Waals surface area contributed by atoms with Gasteiger partial charge >= 0.3 is 0 Å². The zero-order valence-electron chi connectivity index (χ0n) is 15.9. The second-order valence-corrected chi connectivity index (χ2v) is 7.14. The van der Waals surface area contributed by atoms with Gasteiger partial charge in [-0.05, 0) is 60.2 Å². The van der Waals surface area contributed by atoms with Gasteiger partial charge in [-0.3, -0.25) is 14.5 Å². The Bertz CT molecular complexity index is 903. The number of hydrogen-bond acceptors (Lipinski definition) is 6. The molecule has 1 saturated heterocycles. The van der Waals surface area contributed by atoms with Crippen LogP contribution in [0.15, 0.2) is 47.4 Å². The monoisotopic (exact) mass is 399 g/mol. The summed E-state index contributed by atoms with van der Waals surface area (Å²) in [6.45, 7) is 2.40.